The van der Waals surface area contributed by atoms with Crippen LogP contribution in [0, 0.1) is 0 Å². The summed E-state index contributed by atoms with van der Waals surface area (Å²) in [7, 11) is 0. The van der Waals surface area contributed by atoms with Gasteiger partial charge in [0.2, 0.25) is 5.78 Å². The van der Waals surface area contributed by atoms with Gasteiger partial charge in [0.1, 0.15) is 0 Å². The summed E-state index contributed by atoms with van der Waals surface area (Å²) in [6.07, 6.45) is 0.938. The second-order valence-electron chi connectivity index (χ2n) is 3.69. The van der Waals surface area contributed by atoms with Crippen LogP contribution in [-0.4, -0.2) is 5.78 Å². The normalized spacial score (nSPS) is 10.5. The van der Waals surface area contributed by atoms with Crippen LogP contribution in [0.15, 0.2) is 30.3 Å². The van der Waals surface area contributed by atoms with Crippen molar-refractivity contribution in [3.05, 3.63) is 50.7 Å². The van der Waals surface area contributed by atoms with Gasteiger partial charge in [-0.3, -0.25) is 4.79 Å². The first-order valence-electron chi connectivity index (χ1n) is 5.30. The number of carbonyl (C=O) groups is 1. The molecular weight excluding hydrogens is 254 g/mol. The molecule has 4 heteroatoms. The van der Waals surface area contributed by atoms with Crippen molar-refractivity contribution in [2.45, 2.75) is 13.3 Å². The molecule has 0 aliphatic carbocycles. The lowest BCUT2D eigenvalue weighted by molar-refractivity contribution is 0.104. The number of hydrogen-bond donors (Lipinski definition) is 1. The van der Waals surface area contributed by atoms with E-state index in [-0.39, 0.29) is 5.78 Å². The Hall–Kier alpha value is -1.32. The summed E-state index contributed by atoms with van der Waals surface area (Å²) in [6.45, 7) is 2.07. The van der Waals surface area contributed by atoms with Crippen molar-refractivity contribution in [2.24, 2.45) is 0 Å². The summed E-state index contributed by atoms with van der Waals surface area (Å²) in [5.74, 6) is -0.0419. The Morgan fingerprint density at radius 1 is 1.35 bits per heavy atom. The predicted molar refractivity (Wildman–Crippen MR) is 73.0 cm³/mol. The van der Waals surface area contributed by atoms with Crippen molar-refractivity contribution in [3.63, 3.8) is 0 Å². The van der Waals surface area contributed by atoms with Crippen LogP contribution < -0.4 is 5.73 Å². The van der Waals surface area contributed by atoms with E-state index in [1.807, 2.05) is 12.1 Å². The Labute approximate surface area is 109 Å². The van der Waals surface area contributed by atoms with Gasteiger partial charge >= 0.3 is 0 Å². The molecule has 88 valence electrons. The first kappa shape index (κ1) is 12.1. The summed E-state index contributed by atoms with van der Waals surface area (Å²) >= 11 is 7.53. The third-order valence-corrected chi connectivity index (χ3v) is 4.01. The van der Waals surface area contributed by atoms with Crippen LogP contribution in [-0.2, 0) is 6.42 Å². The van der Waals surface area contributed by atoms with Gasteiger partial charge in [0, 0.05) is 16.1 Å². The van der Waals surface area contributed by atoms with E-state index in [2.05, 4.69) is 6.92 Å². The molecule has 0 saturated carbocycles. The maximum Gasteiger partial charge on any atom is 0.204 e. The topological polar surface area (TPSA) is 43.1 Å². The Kier molecular flexibility index (Phi) is 3.50. The standard InChI is InChI=1S/C13H12ClNOS/c1-2-9-4-6-12(17-9)13(16)10-5-3-8(15)7-11(10)14/h3-7H,2,15H2,1H3. The van der Waals surface area contributed by atoms with Crippen LogP contribution in [0.25, 0.3) is 0 Å². The molecular formula is C13H12ClNOS. The average molecular weight is 266 g/mol. The molecule has 0 fully saturated rings. The van der Waals surface area contributed by atoms with Gasteiger partial charge in [-0.2, -0.15) is 0 Å². The van der Waals surface area contributed by atoms with E-state index in [4.69, 9.17) is 17.3 Å². The quantitative estimate of drug-likeness (QED) is 0.678. The van der Waals surface area contributed by atoms with E-state index in [0.29, 0.717) is 21.2 Å². The van der Waals surface area contributed by atoms with E-state index in [1.54, 1.807) is 18.2 Å². The van der Waals surface area contributed by atoms with E-state index in [9.17, 15) is 4.79 Å². The molecule has 0 saturated heterocycles. The SMILES string of the molecule is CCc1ccc(C(=O)c2ccc(N)cc2Cl)s1. The van der Waals surface area contributed by atoms with Gasteiger partial charge in [-0.1, -0.05) is 18.5 Å². The molecule has 0 atom stereocenters. The summed E-state index contributed by atoms with van der Waals surface area (Å²) in [6, 6.07) is 8.78. The smallest absolute Gasteiger partial charge is 0.204 e. The van der Waals surface area contributed by atoms with Crippen LogP contribution >= 0.6 is 22.9 Å². The van der Waals surface area contributed by atoms with Crippen LogP contribution in [0.1, 0.15) is 27.0 Å². The Morgan fingerprint density at radius 3 is 2.71 bits per heavy atom. The average Bonchev–Trinajstić information content (AvgIpc) is 2.76. The highest BCUT2D eigenvalue weighted by Gasteiger charge is 2.14. The number of ketones is 1. The summed E-state index contributed by atoms with van der Waals surface area (Å²) in [5.41, 5.74) is 6.67. The fourth-order valence-electron chi connectivity index (χ4n) is 1.54. The van der Waals surface area contributed by atoms with Crippen LogP contribution in [0.3, 0.4) is 0 Å². The van der Waals surface area contributed by atoms with Crippen molar-refractivity contribution < 1.29 is 4.79 Å². The third-order valence-electron chi connectivity index (χ3n) is 2.47. The molecule has 1 heterocycles. The molecule has 2 rings (SSSR count). The first-order chi connectivity index (χ1) is 8.11. The molecule has 0 radical (unpaired) electrons. The number of nitrogens with two attached hydrogens (primary N) is 1. The highest BCUT2D eigenvalue weighted by atomic mass is 35.5. The van der Waals surface area contributed by atoms with Gasteiger partial charge in [-0.05, 0) is 36.8 Å². The lowest BCUT2D eigenvalue weighted by Gasteiger charge is -2.02. The second kappa shape index (κ2) is 4.90. The van der Waals surface area contributed by atoms with E-state index < -0.39 is 0 Å². The fraction of sp³-hybridized carbons (Fsp3) is 0.154. The van der Waals surface area contributed by atoms with Crippen molar-refractivity contribution >= 4 is 34.4 Å². The maximum absolute atomic E-state index is 12.2. The molecule has 0 aliphatic rings. The Bertz CT molecular complexity index is 562. The molecule has 2 aromatic rings. The number of halogens is 1. The third kappa shape index (κ3) is 2.51. The summed E-state index contributed by atoms with van der Waals surface area (Å²) < 4.78 is 0. The molecule has 2 N–H and O–H groups in total. The Balaban J connectivity index is 2.36. The van der Waals surface area contributed by atoms with Crippen LogP contribution in [0.2, 0.25) is 5.02 Å². The number of anilines is 1. The number of thiophene rings is 1. The zero-order valence-corrected chi connectivity index (χ0v) is 10.9. The minimum Gasteiger partial charge on any atom is -0.399 e. The van der Waals surface area contributed by atoms with Crippen molar-refractivity contribution in [2.75, 3.05) is 5.73 Å². The molecule has 17 heavy (non-hydrogen) atoms. The monoisotopic (exact) mass is 265 g/mol. The van der Waals surface area contributed by atoms with Gasteiger partial charge in [0.15, 0.2) is 0 Å². The highest BCUT2D eigenvalue weighted by Crippen LogP contribution is 2.25. The van der Waals surface area contributed by atoms with Gasteiger partial charge in [-0.25, -0.2) is 0 Å². The number of hydrogen-bond acceptors (Lipinski definition) is 3. The summed E-state index contributed by atoms with van der Waals surface area (Å²) in [4.78, 5) is 14.1. The zero-order chi connectivity index (χ0) is 12.4. The van der Waals surface area contributed by atoms with Crippen molar-refractivity contribution in [1.29, 1.82) is 0 Å². The number of nitrogen functional groups attached to an aromatic ring is 1. The minimum absolute atomic E-state index is 0.0419. The number of carbonyl (C=O) groups excluding carboxylic acids is 1. The van der Waals surface area contributed by atoms with Crippen molar-refractivity contribution in [3.8, 4) is 0 Å². The van der Waals surface area contributed by atoms with Crippen molar-refractivity contribution in [1.82, 2.24) is 0 Å². The first-order valence-corrected chi connectivity index (χ1v) is 6.49. The molecule has 0 bridgehead atoms. The maximum atomic E-state index is 12.2. The van der Waals surface area contributed by atoms with Gasteiger partial charge in [0.05, 0.1) is 9.90 Å². The molecule has 0 aliphatic heterocycles. The van der Waals surface area contributed by atoms with Gasteiger partial charge in [-0.15, -0.1) is 11.3 Å². The Morgan fingerprint density at radius 2 is 2.12 bits per heavy atom. The summed E-state index contributed by atoms with van der Waals surface area (Å²) in [5, 5.41) is 0.404. The van der Waals surface area contributed by atoms with Crippen LogP contribution in [0.5, 0.6) is 0 Å². The minimum atomic E-state index is -0.0419. The molecule has 2 nitrogen and oxygen atoms in total. The van der Waals surface area contributed by atoms with Crippen LogP contribution in [0.4, 0.5) is 5.69 Å². The van der Waals surface area contributed by atoms with Gasteiger partial charge < -0.3 is 5.73 Å². The fourth-order valence-corrected chi connectivity index (χ4v) is 2.71. The largest absolute Gasteiger partial charge is 0.399 e. The number of benzene rings is 1. The van der Waals surface area contributed by atoms with Gasteiger partial charge in [0.25, 0.3) is 0 Å². The lowest BCUT2D eigenvalue weighted by atomic mass is 10.1. The lowest BCUT2D eigenvalue weighted by Crippen LogP contribution is -2.00. The van der Waals surface area contributed by atoms with E-state index in [1.165, 1.54) is 16.2 Å². The van der Waals surface area contributed by atoms with E-state index >= 15 is 0 Å². The predicted octanol–water partition coefficient (Wildman–Crippen LogP) is 3.78. The van der Waals surface area contributed by atoms with E-state index in [0.717, 1.165) is 6.42 Å². The highest BCUT2D eigenvalue weighted by molar-refractivity contribution is 7.14. The molecule has 1 aromatic heterocycles. The molecule has 0 amide bonds. The second-order valence-corrected chi connectivity index (χ2v) is 5.26. The molecule has 1 aromatic carbocycles. The molecule has 0 unspecified atom stereocenters. The molecule has 0 spiro atoms. The number of rotatable bonds is 3. The number of aryl methyl sites for hydroxylation is 1. The zero-order valence-electron chi connectivity index (χ0n) is 9.37.